The Balaban J connectivity index is 2.53. The molecule has 0 aliphatic heterocycles. The van der Waals surface area contributed by atoms with Gasteiger partial charge in [0.25, 0.3) is 0 Å². The highest BCUT2D eigenvalue weighted by Crippen LogP contribution is 2.01. The molecule has 3 radical (unpaired) electrons. The van der Waals surface area contributed by atoms with Crippen molar-refractivity contribution in [2.24, 2.45) is 0 Å². The Bertz CT molecular complexity index is 25.0. The van der Waals surface area contributed by atoms with E-state index in [9.17, 15) is 0 Å². The summed E-state index contributed by atoms with van der Waals surface area (Å²) < 4.78 is 0. The van der Waals surface area contributed by atoms with Crippen LogP contribution in [-0.4, -0.2) is 0 Å². The molecule has 0 heteroatoms. The van der Waals surface area contributed by atoms with Crippen LogP contribution in [0.15, 0.2) is 0 Å². The minimum Gasteiger partial charge on any atom is -0.0651 e. The minimum absolute atomic E-state index is 0.970. The first kappa shape index (κ1) is 8.00. The molecule has 0 saturated carbocycles. The molecular weight excluding hydrogens is 96.1 g/mol. The molecule has 0 aromatic heterocycles. The normalized spacial score (nSPS) is 9.75. The van der Waals surface area contributed by atoms with Crippen molar-refractivity contribution in [3.05, 3.63) is 19.8 Å². The molecule has 0 saturated heterocycles. The van der Waals surface area contributed by atoms with E-state index in [4.69, 9.17) is 0 Å². The van der Waals surface area contributed by atoms with Crippen molar-refractivity contribution in [3.63, 3.8) is 0 Å². The minimum atomic E-state index is 0.970. The molecule has 0 nitrogen and oxygen atoms in total. The quantitative estimate of drug-likeness (QED) is 0.478. The van der Waals surface area contributed by atoms with E-state index in [2.05, 4.69) is 26.7 Å². The summed E-state index contributed by atoms with van der Waals surface area (Å²) in [6.45, 7) is 5.88. The van der Waals surface area contributed by atoms with Gasteiger partial charge in [-0.1, -0.05) is 26.7 Å². The van der Waals surface area contributed by atoms with Crippen LogP contribution in [0.4, 0.5) is 0 Å². The fourth-order valence-electron chi connectivity index (χ4n) is 0.584. The Kier molecular flexibility index (Phi) is 7.00. The van der Waals surface area contributed by atoms with Crippen molar-refractivity contribution in [2.45, 2.75) is 32.6 Å². The summed E-state index contributed by atoms with van der Waals surface area (Å²) in [5.41, 5.74) is 0. The highest BCUT2D eigenvalue weighted by molar-refractivity contribution is 4.70. The predicted octanol–water partition coefficient (Wildman–Crippen LogP) is 2.81. The topological polar surface area (TPSA) is 0 Å². The third-order valence-corrected chi connectivity index (χ3v) is 1.07. The molecular formula is C8H15. The van der Waals surface area contributed by atoms with E-state index in [1.807, 2.05) is 0 Å². The van der Waals surface area contributed by atoms with Crippen molar-refractivity contribution < 1.29 is 0 Å². The van der Waals surface area contributed by atoms with Crippen LogP contribution in [0.5, 0.6) is 0 Å². The van der Waals surface area contributed by atoms with E-state index >= 15 is 0 Å². The maximum absolute atomic E-state index is 3.71. The van der Waals surface area contributed by atoms with E-state index in [-0.39, 0.29) is 0 Å². The number of unbranched alkanes of at least 4 members (excludes halogenated alkanes) is 5. The van der Waals surface area contributed by atoms with Gasteiger partial charge >= 0.3 is 0 Å². The smallest absolute Gasteiger partial charge is 0.0386 e. The Hall–Kier alpha value is 0. The van der Waals surface area contributed by atoms with Crippen LogP contribution in [-0.2, 0) is 0 Å². The summed E-state index contributed by atoms with van der Waals surface area (Å²) in [6, 6.07) is 0. The molecule has 0 bridgehead atoms. The van der Waals surface area contributed by atoms with Gasteiger partial charge in [-0.2, -0.15) is 0 Å². The first-order valence-electron chi connectivity index (χ1n) is 3.34. The second kappa shape index (κ2) is 7.00. The zero-order valence-electron chi connectivity index (χ0n) is 5.69. The summed E-state index contributed by atoms with van der Waals surface area (Å²) in [6.07, 6.45) is 9.12. The molecule has 0 unspecified atom stereocenters. The molecule has 0 atom stereocenters. The molecule has 8 heavy (non-hydrogen) atoms. The lowest BCUT2D eigenvalue weighted by molar-refractivity contribution is 0.845. The monoisotopic (exact) mass is 111 g/mol. The molecule has 0 aliphatic carbocycles. The average Bonchev–Trinajstić information content (AvgIpc) is 1.81. The molecule has 0 aromatic rings. The summed E-state index contributed by atoms with van der Waals surface area (Å²) in [5, 5.41) is 0. The van der Waals surface area contributed by atoms with Crippen molar-refractivity contribution in [1.29, 1.82) is 0 Å². The largest absolute Gasteiger partial charge is 0.0651 e. The summed E-state index contributed by atoms with van der Waals surface area (Å²) in [5.74, 6) is 0. The summed E-state index contributed by atoms with van der Waals surface area (Å²) in [4.78, 5) is 0. The van der Waals surface area contributed by atoms with Gasteiger partial charge in [0.2, 0.25) is 0 Å². The fourth-order valence-corrected chi connectivity index (χ4v) is 0.584. The van der Waals surface area contributed by atoms with Gasteiger partial charge in [-0.25, -0.2) is 0 Å². The zero-order valence-corrected chi connectivity index (χ0v) is 5.69. The van der Waals surface area contributed by atoms with E-state index in [1.54, 1.807) is 0 Å². The summed E-state index contributed by atoms with van der Waals surface area (Å²) in [7, 11) is 0. The molecule has 0 aliphatic rings. The van der Waals surface area contributed by atoms with Crippen LogP contribution in [0, 0.1) is 19.8 Å². The van der Waals surface area contributed by atoms with Crippen molar-refractivity contribution in [1.82, 2.24) is 0 Å². The fraction of sp³-hybridized carbons (Fsp3) is 0.625. The standard InChI is InChI=1S/C8H15/c1-3-5-7-8-6-4-2/h5-6H,1,3-4,7-8H2,2H3. The average molecular weight is 111 g/mol. The molecule has 0 aromatic carbocycles. The number of hydrogen-bond acceptors (Lipinski definition) is 0. The van der Waals surface area contributed by atoms with Gasteiger partial charge in [-0.15, -0.1) is 0 Å². The van der Waals surface area contributed by atoms with Crippen LogP contribution in [0.1, 0.15) is 32.6 Å². The Morgan fingerprint density at radius 1 is 1.25 bits per heavy atom. The second-order valence-electron chi connectivity index (χ2n) is 1.85. The lowest BCUT2D eigenvalue weighted by atomic mass is 10.1. The number of hydrogen-bond donors (Lipinski definition) is 0. The van der Waals surface area contributed by atoms with Gasteiger partial charge in [0.05, 0.1) is 0 Å². The van der Waals surface area contributed by atoms with Gasteiger partial charge in [-0.05, 0) is 25.7 Å². The Morgan fingerprint density at radius 3 is 2.38 bits per heavy atom. The maximum atomic E-state index is 3.71. The molecule has 0 rings (SSSR count). The van der Waals surface area contributed by atoms with Gasteiger partial charge in [0.15, 0.2) is 0 Å². The molecule has 47 valence electrons. The van der Waals surface area contributed by atoms with Crippen LogP contribution in [0.25, 0.3) is 0 Å². The summed E-state index contributed by atoms with van der Waals surface area (Å²) >= 11 is 0. The van der Waals surface area contributed by atoms with E-state index in [0.717, 1.165) is 6.42 Å². The van der Waals surface area contributed by atoms with Gasteiger partial charge in [0, 0.05) is 0 Å². The van der Waals surface area contributed by atoms with Gasteiger partial charge in [-0.3, -0.25) is 0 Å². The highest BCUT2D eigenvalue weighted by Gasteiger charge is 1.84. The zero-order chi connectivity index (χ0) is 6.24. The SMILES string of the molecule is [CH2]C[CH]CC[CH]CC. The van der Waals surface area contributed by atoms with Gasteiger partial charge in [0.1, 0.15) is 0 Å². The highest BCUT2D eigenvalue weighted by atomic mass is 13.9. The van der Waals surface area contributed by atoms with Crippen molar-refractivity contribution in [2.75, 3.05) is 0 Å². The first-order valence-corrected chi connectivity index (χ1v) is 3.34. The lowest BCUT2D eigenvalue weighted by Crippen LogP contribution is -1.76. The van der Waals surface area contributed by atoms with E-state index in [1.165, 1.54) is 19.3 Å². The van der Waals surface area contributed by atoms with Crippen molar-refractivity contribution >= 4 is 0 Å². The second-order valence-corrected chi connectivity index (χ2v) is 1.85. The first-order chi connectivity index (χ1) is 3.91. The maximum Gasteiger partial charge on any atom is -0.0386 e. The number of rotatable bonds is 5. The van der Waals surface area contributed by atoms with Crippen LogP contribution >= 0.6 is 0 Å². The molecule has 0 amide bonds. The third-order valence-electron chi connectivity index (χ3n) is 1.07. The van der Waals surface area contributed by atoms with Crippen molar-refractivity contribution in [3.8, 4) is 0 Å². The predicted molar refractivity (Wildman–Crippen MR) is 38.1 cm³/mol. The Morgan fingerprint density at radius 2 is 1.88 bits per heavy atom. The molecule has 0 N–H and O–H groups in total. The van der Waals surface area contributed by atoms with Gasteiger partial charge < -0.3 is 0 Å². The van der Waals surface area contributed by atoms with Crippen LogP contribution in [0.2, 0.25) is 0 Å². The van der Waals surface area contributed by atoms with Crippen LogP contribution in [0.3, 0.4) is 0 Å². The Labute approximate surface area is 53.3 Å². The van der Waals surface area contributed by atoms with Crippen LogP contribution < -0.4 is 0 Å². The van der Waals surface area contributed by atoms with E-state index < -0.39 is 0 Å². The lowest BCUT2D eigenvalue weighted by Gasteiger charge is -1.93. The van der Waals surface area contributed by atoms with E-state index in [0.29, 0.717) is 0 Å². The molecule has 0 spiro atoms. The third kappa shape index (κ3) is 6.00. The molecule has 0 heterocycles. The molecule has 0 fully saturated rings.